The van der Waals surface area contributed by atoms with E-state index in [1.165, 1.54) is 6.07 Å². The highest BCUT2D eigenvalue weighted by molar-refractivity contribution is 5.55. The summed E-state index contributed by atoms with van der Waals surface area (Å²) in [5, 5.41) is 12.8. The fourth-order valence-corrected chi connectivity index (χ4v) is 2.29. The second kappa shape index (κ2) is 5.67. The average Bonchev–Trinajstić information content (AvgIpc) is 2.73. The van der Waals surface area contributed by atoms with Crippen LogP contribution in [0.25, 0.3) is 0 Å². The molecular weight excluding hydrogens is 231 g/mol. The Morgan fingerprint density at radius 1 is 1.50 bits per heavy atom. The average molecular weight is 252 g/mol. The molecule has 1 aliphatic rings. The fourth-order valence-electron chi connectivity index (χ4n) is 2.29. The van der Waals surface area contributed by atoms with Crippen molar-refractivity contribution in [3.8, 4) is 0 Å². The monoisotopic (exact) mass is 252 g/mol. The SMILES string of the molecule is CC(C)NCc1c(F)cccc1N1CCC(O)C1. The quantitative estimate of drug-likeness (QED) is 0.859. The highest BCUT2D eigenvalue weighted by atomic mass is 19.1. The maximum atomic E-state index is 13.9. The normalized spacial score (nSPS) is 19.8. The number of halogens is 1. The molecule has 1 heterocycles. The lowest BCUT2D eigenvalue weighted by Crippen LogP contribution is -2.27. The standard InChI is InChI=1S/C14H21FN2O/c1-10(2)16-8-12-13(15)4-3-5-14(12)17-7-6-11(18)9-17/h3-5,10-11,16,18H,6-9H2,1-2H3. The van der Waals surface area contributed by atoms with Crippen molar-refractivity contribution >= 4 is 5.69 Å². The van der Waals surface area contributed by atoms with Crippen LogP contribution < -0.4 is 10.2 Å². The zero-order chi connectivity index (χ0) is 13.1. The molecular formula is C14H21FN2O. The summed E-state index contributed by atoms with van der Waals surface area (Å²) >= 11 is 0. The zero-order valence-electron chi connectivity index (χ0n) is 11.0. The number of hydrogen-bond donors (Lipinski definition) is 2. The minimum Gasteiger partial charge on any atom is -0.391 e. The number of benzene rings is 1. The Kier molecular flexibility index (Phi) is 4.19. The molecule has 0 amide bonds. The summed E-state index contributed by atoms with van der Waals surface area (Å²) in [6.45, 7) is 5.99. The van der Waals surface area contributed by atoms with Gasteiger partial charge < -0.3 is 15.3 Å². The van der Waals surface area contributed by atoms with Gasteiger partial charge in [0.25, 0.3) is 0 Å². The van der Waals surface area contributed by atoms with Crippen molar-refractivity contribution in [2.45, 2.75) is 39.0 Å². The summed E-state index contributed by atoms with van der Waals surface area (Å²) < 4.78 is 13.9. The van der Waals surface area contributed by atoms with Crippen LogP contribution in [0, 0.1) is 5.82 Å². The summed E-state index contributed by atoms with van der Waals surface area (Å²) in [7, 11) is 0. The van der Waals surface area contributed by atoms with E-state index in [1.54, 1.807) is 6.07 Å². The molecule has 2 N–H and O–H groups in total. The maximum absolute atomic E-state index is 13.9. The van der Waals surface area contributed by atoms with E-state index in [4.69, 9.17) is 0 Å². The van der Waals surface area contributed by atoms with Gasteiger partial charge in [-0.3, -0.25) is 0 Å². The molecule has 0 aromatic heterocycles. The van der Waals surface area contributed by atoms with Crippen LogP contribution in [0.1, 0.15) is 25.8 Å². The van der Waals surface area contributed by atoms with Gasteiger partial charge in [0.05, 0.1) is 6.10 Å². The van der Waals surface area contributed by atoms with Gasteiger partial charge in [0.1, 0.15) is 5.82 Å². The van der Waals surface area contributed by atoms with Crippen molar-refractivity contribution in [1.29, 1.82) is 0 Å². The third kappa shape index (κ3) is 3.00. The topological polar surface area (TPSA) is 35.5 Å². The Balaban J connectivity index is 2.20. The predicted octanol–water partition coefficient (Wildman–Crippen LogP) is 1.89. The number of anilines is 1. The molecule has 1 aromatic rings. The molecule has 1 unspecified atom stereocenters. The molecule has 1 fully saturated rings. The second-order valence-corrected chi connectivity index (χ2v) is 5.16. The Morgan fingerprint density at radius 3 is 2.89 bits per heavy atom. The van der Waals surface area contributed by atoms with Crippen LogP contribution in [0.2, 0.25) is 0 Å². The lowest BCUT2D eigenvalue weighted by Gasteiger charge is -2.22. The van der Waals surface area contributed by atoms with E-state index < -0.39 is 0 Å². The molecule has 0 saturated carbocycles. The van der Waals surface area contributed by atoms with Crippen LogP contribution >= 0.6 is 0 Å². The van der Waals surface area contributed by atoms with E-state index in [9.17, 15) is 9.50 Å². The largest absolute Gasteiger partial charge is 0.391 e. The van der Waals surface area contributed by atoms with Crippen molar-refractivity contribution in [2.24, 2.45) is 0 Å². The van der Waals surface area contributed by atoms with E-state index in [0.29, 0.717) is 24.7 Å². The number of β-amino-alcohol motifs (C(OH)–C–C–N with tert-alkyl or cyclic N) is 1. The first-order valence-corrected chi connectivity index (χ1v) is 6.51. The molecule has 1 aliphatic heterocycles. The Labute approximate surface area is 108 Å². The molecule has 100 valence electrons. The van der Waals surface area contributed by atoms with Gasteiger partial charge in [-0.15, -0.1) is 0 Å². The van der Waals surface area contributed by atoms with Gasteiger partial charge in [-0.05, 0) is 18.6 Å². The summed E-state index contributed by atoms with van der Waals surface area (Å²) in [5.41, 5.74) is 1.60. The van der Waals surface area contributed by atoms with Gasteiger partial charge in [0.15, 0.2) is 0 Å². The number of aliphatic hydroxyl groups excluding tert-OH is 1. The highest BCUT2D eigenvalue weighted by Gasteiger charge is 2.23. The van der Waals surface area contributed by atoms with Gasteiger partial charge in [0, 0.05) is 36.9 Å². The highest BCUT2D eigenvalue weighted by Crippen LogP contribution is 2.26. The van der Waals surface area contributed by atoms with E-state index in [2.05, 4.69) is 10.2 Å². The van der Waals surface area contributed by atoms with Gasteiger partial charge in [-0.2, -0.15) is 0 Å². The van der Waals surface area contributed by atoms with Gasteiger partial charge >= 0.3 is 0 Å². The molecule has 2 rings (SSSR count). The fraction of sp³-hybridized carbons (Fsp3) is 0.571. The van der Waals surface area contributed by atoms with Crippen LogP contribution in [0.3, 0.4) is 0 Å². The molecule has 1 aromatic carbocycles. The molecule has 3 nitrogen and oxygen atoms in total. The van der Waals surface area contributed by atoms with Gasteiger partial charge in [-0.25, -0.2) is 4.39 Å². The number of hydrogen-bond acceptors (Lipinski definition) is 3. The smallest absolute Gasteiger partial charge is 0.129 e. The van der Waals surface area contributed by atoms with Crippen molar-refractivity contribution in [3.05, 3.63) is 29.6 Å². The van der Waals surface area contributed by atoms with Crippen molar-refractivity contribution in [2.75, 3.05) is 18.0 Å². The van der Waals surface area contributed by atoms with Crippen molar-refractivity contribution in [3.63, 3.8) is 0 Å². The van der Waals surface area contributed by atoms with Crippen molar-refractivity contribution < 1.29 is 9.50 Å². The first kappa shape index (κ1) is 13.3. The summed E-state index contributed by atoms with van der Waals surface area (Å²) in [5.74, 6) is -0.179. The Hall–Kier alpha value is -1.13. The molecule has 0 aliphatic carbocycles. The van der Waals surface area contributed by atoms with Crippen LogP contribution in [0.4, 0.5) is 10.1 Å². The minimum absolute atomic E-state index is 0.179. The number of rotatable bonds is 4. The lowest BCUT2D eigenvalue weighted by molar-refractivity contribution is 0.198. The first-order chi connectivity index (χ1) is 8.58. The van der Waals surface area contributed by atoms with E-state index >= 15 is 0 Å². The van der Waals surface area contributed by atoms with Crippen molar-refractivity contribution in [1.82, 2.24) is 5.32 Å². The van der Waals surface area contributed by atoms with E-state index in [-0.39, 0.29) is 11.9 Å². The predicted molar refractivity (Wildman–Crippen MR) is 71.2 cm³/mol. The number of nitrogens with one attached hydrogen (secondary N) is 1. The summed E-state index contributed by atoms with van der Waals surface area (Å²) in [6.07, 6.45) is 0.465. The summed E-state index contributed by atoms with van der Waals surface area (Å²) in [6, 6.07) is 5.47. The summed E-state index contributed by atoms with van der Waals surface area (Å²) in [4.78, 5) is 2.06. The molecule has 0 bridgehead atoms. The molecule has 18 heavy (non-hydrogen) atoms. The molecule has 0 radical (unpaired) electrons. The van der Waals surface area contributed by atoms with E-state index in [0.717, 1.165) is 18.7 Å². The maximum Gasteiger partial charge on any atom is 0.129 e. The second-order valence-electron chi connectivity index (χ2n) is 5.16. The molecule has 0 spiro atoms. The minimum atomic E-state index is -0.292. The molecule has 1 saturated heterocycles. The first-order valence-electron chi connectivity index (χ1n) is 6.51. The lowest BCUT2D eigenvalue weighted by atomic mass is 10.1. The van der Waals surface area contributed by atoms with Gasteiger partial charge in [0.2, 0.25) is 0 Å². The zero-order valence-corrected chi connectivity index (χ0v) is 11.0. The Morgan fingerprint density at radius 2 is 2.28 bits per heavy atom. The van der Waals surface area contributed by atoms with E-state index in [1.807, 2.05) is 19.9 Å². The number of aliphatic hydroxyl groups is 1. The molecule has 1 atom stereocenters. The Bertz CT molecular complexity index is 409. The third-order valence-electron chi connectivity index (χ3n) is 3.29. The molecule has 4 heteroatoms. The van der Waals surface area contributed by atoms with Crippen LogP contribution in [-0.2, 0) is 6.54 Å². The van der Waals surface area contributed by atoms with Gasteiger partial charge in [-0.1, -0.05) is 19.9 Å². The number of nitrogens with zero attached hydrogens (tertiary/aromatic N) is 1. The third-order valence-corrected chi connectivity index (χ3v) is 3.29. The van der Waals surface area contributed by atoms with Crippen LogP contribution in [0.15, 0.2) is 18.2 Å². The van der Waals surface area contributed by atoms with Crippen LogP contribution in [0.5, 0.6) is 0 Å². The van der Waals surface area contributed by atoms with Crippen LogP contribution in [-0.4, -0.2) is 30.3 Å².